The quantitative estimate of drug-likeness (QED) is 0.824. The zero-order chi connectivity index (χ0) is 13.0. The fraction of sp³-hybridized carbons (Fsp3) is 0.143. The van der Waals surface area contributed by atoms with E-state index in [4.69, 9.17) is 0 Å². The molecule has 4 heteroatoms. The van der Waals surface area contributed by atoms with Gasteiger partial charge in [-0.3, -0.25) is 0 Å². The van der Waals surface area contributed by atoms with Crippen molar-refractivity contribution in [3.8, 4) is 0 Å². The van der Waals surface area contributed by atoms with Crippen molar-refractivity contribution in [2.45, 2.75) is 13.1 Å². The smallest absolute Gasteiger partial charge is 0.137 e. The monoisotopic (exact) mass is 371 g/mol. The minimum absolute atomic E-state index is 0.230. The van der Waals surface area contributed by atoms with Crippen molar-refractivity contribution < 1.29 is 4.39 Å². The van der Waals surface area contributed by atoms with Crippen molar-refractivity contribution in [1.82, 2.24) is 5.32 Å². The highest BCUT2D eigenvalue weighted by molar-refractivity contribution is 9.10. The van der Waals surface area contributed by atoms with Gasteiger partial charge in [0.1, 0.15) is 5.82 Å². The van der Waals surface area contributed by atoms with Gasteiger partial charge in [0.2, 0.25) is 0 Å². The van der Waals surface area contributed by atoms with Crippen LogP contribution in [0.5, 0.6) is 0 Å². The Kier molecular flexibility index (Phi) is 4.92. The standard InChI is InChI=1S/C14H12Br2FN/c15-12-4-1-10(2-5-12)8-18-9-11-3-6-14(17)13(16)7-11/h1-7,18H,8-9H2. The molecule has 2 aromatic rings. The number of nitrogens with one attached hydrogen (secondary N) is 1. The van der Waals surface area contributed by atoms with Crippen LogP contribution in [-0.2, 0) is 13.1 Å². The molecule has 0 amide bonds. The van der Waals surface area contributed by atoms with Gasteiger partial charge < -0.3 is 5.32 Å². The highest BCUT2D eigenvalue weighted by atomic mass is 79.9. The van der Waals surface area contributed by atoms with Gasteiger partial charge in [0, 0.05) is 17.6 Å². The lowest BCUT2D eigenvalue weighted by atomic mass is 10.2. The van der Waals surface area contributed by atoms with Crippen molar-refractivity contribution in [2.24, 2.45) is 0 Å². The minimum Gasteiger partial charge on any atom is -0.309 e. The number of halogens is 3. The second-order valence-electron chi connectivity index (χ2n) is 3.98. The molecule has 0 unspecified atom stereocenters. The molecule has 0 spiro atoms. The van der Waals surface area contributed by atoms with Crippen molar-refractivity contribution in [3.63, 3.8) is 0 Å². The fourth-order valence-corrected chi connectivity index (χ4v) is 2.29. The third-order valence-corrected chi connectivity index (χ3v) is 3.69. The molecular formula is C14H12Br2FN. The summed E-state index contributed by atoms with van der Waals surface area (Å²) in [6.07, 6.45) is 0. The largest absolute Gasteiger partial charge is 0.309 e. The van der Waals surface area contributed by atoms with Crippen molar-refractivity contribution in [1.29, 1.82) is 0 Å². The maximum atomic E-state index is 13.1. The maximum Gasteiger partial charge on any atom is 0.137 e. The van der Waals surface area contributed by atoms with Gasteiger partial charge in [-0.25, -0.2) is 4.39 Å². The fourth-order valence-electron chi connectivity index (χ4n) is 1.60. The lowest BCUT2D eigenvalue weighted by molar-refractivity contribution is 0.618. The van der Waals surface area contributed by atoms with Gasteiger partial charge in [0.05, 0.1) is 4.47 Å². The van der Waals surface area contributed by atoms with Crippen LogP contribution in [0.4, 0.5) is 4.39 Å². The van der Waals surface area contributed by atoms with E-state index in [9.17, 15) is 4.39 Å². The molecule has 0 radical (unpaired) electrons. The highest BCUT2D eigenvalue weighted by Crippen LogP contribution is 2.17. The Hall–Kier alpha value is -0.710. The normalized spacial score (nSPS) is 10.6. The minimum atomic E-state index is -0.230. The van der Waals surface area contributed by atoms with Crippen LogP contribution >= 0.6 is 31.9 Å². The van der Waals surface area contributed by atoms with Gasteiger partial charge in [-0.1, -0.05) is 34.1 Å². The Morgan fingerprint density at radius 1 is 0.889 bits per heavy atom. The summed E-state index contributed by atoms with van der Waals surface area (Å²) in [4.78, 5) is 0. The lowest BCUT2D eigenvalue weighted by Crippen LogP contribution is -2.12. The summed E-state index contributed by atoms with van der Waals surface area (Å²) in [5.74, 6) is -0.230. The molecular weight excluding hydrogens is 361 g/mol. The number of hydrogen-bond acceptors (Lipinski definition) is 1. The summed E-state index contributed by atoms with van der Waals surface area (Å²) >= 11 is 6.59. The van der Waals surface area contributed by atoms with Crippen LogP contribution < -0.4 is 5.32 Å². The van der Waals surface area contributed by atoms with E-state index in [1.807, 2.05) is 12.1 Å². The van der Waals surface area contributed by atoms with E-state index in [0.717, 1.165) is 23.1 Å². The van der Waals surface area contributed by atoms with Gasteiger partial charge >= 0.3 is 0 Å². The van der Waals surface area contributed by atoms with Crippen molar-refractivity contribution in [2.75, 3.05) is 0 Å². The number of hydrogen-bond donors (Lipinski definition) is 1. The van der Waals surface area contributed by atoms with E-state index in [-0.39, 0.29) is 5.82 Å². The number of rotatable bonds is 4. The molecule has 0 saturated heterocycles. The third kappa shape index (κ3) is 3.90. The second-order valence-corrected chi connectivity index (χ2v) is 5.75. The molecule has 0 bridgehead atoms. The summed E-state index contributed by atoms with van der Waals surface area (Å²) in [6.45, 7) is 1.51. The molecule has 0 saturated carbocycles. The first-order valence-electron chi connectivity index (χ1n) is 5.54. The molecule has 18 heavy (non-hydrogen) atoms. The molecule has 94 valence electrons. The molecule has 0 fully saturated rings. The van der Waals surface area contributed by atoms with E-state index in [2.05, 4.69) is 49.3 Å². The predicted molar refractivity (Wildman–Crippen MR) is 78.8 cm³/mol. The molecule has 2 rings (SSSR count). The first kappa shape index (κ1) is 13.7. The second kappa shape index (κ2) is 6.45. The zero-order valence-electron chi connectivity index (χ0n) is 9.59. The van der Waals surface area contributed by atoms with E-state index >= 15 is 0 Å². The van der Waals surface area contributed by atoms with Crippen LogP contribution in [0.1, 0.15) is 11.1 Å². The Morgan fingerprint density at radius 2 is 1.50 bits per heavy atom. The van der Waals surface area contributed by atoms with Gasteiger partial charge in [0.25, 0.3) is 0 Å². The highest BCUT2D eigenvalue weighted by Gasteiger charge is 2.00. The molecule has 0 aliphatic carbocycles. The first-order valence-corrected chi connectivity index (χ1v) is 7.13. The Labute approximate surface area is 123 Å². The molecule has 0 heterocycles. The predicted octanol–water partition coefficient (Wildman–Crippen LogP) is 4.64. The van der Waals surface area contributed by atoms with Crippen LogP contribution in [0, 0.1) is 5.82 Å². The molecule has 2 aromatic carbocycles. The molecule has 0 aromatic heterocycles. The SMILES string of the molecule is Fc1ccc(CNCc2ccc(Br)cc2)cc1Br. The van der Waals surface area contributed by atoms with E-state index in [0.29, 0.717) is 4.47 Å². The van der Waals surface area contributed by atoms with Crippen LogP contribution in [0.2, 0.25) is 0 Å². The Balaban J connectivity index is 1.88. The lowest BCUT2D eigenvalue weighted by Gasteiger charge is -2.06. The van der Waals surface area contributed by atoms with E-state index < -0.39 is 0 Å². The van der Waals surface area contributed by atoms with Crippen LogP contribution in [0.15, 0.2) is 51.4 Å². The van der Waals surface area contributed by atoms with Crippen LogP contribution in [0.25, 0.3) is 0 Å². The summed E-state index contributed by atoms with van der Waals surface area (Å²) in [5, 5.41) is 3.33. The van der Waals surface area contributed by atoms with Gasteiger partial charge in [-0.05, 0) is 51.3 Å². The summed E-state index contributed by atoms with van der Waals surface area (Å²) in [5.41, 5.74) is 2.28. The van der Waals surface area contributed by atoms with Crippen molar-refractivity contribution in [3.05, 3.63) is 68.4 Å². The topological polar surface area (TPSA) is 12.0 Å². The molecule has 1 nitrogen and oxygen atoms in total. The number of benzene rings is 2. The third-order valence-electron chi connectivity index (χ3n) is 2.56. The average molecular weight is 373 g/mol. The summed E-state index contributed by atoms with van der Waals surface area (Å²) in [7, 11) is 0. The van der Waals surface area contributed by atoms with Crippen LogP contribution in [0.3, 0.4) is 0 Å². The van der Waals surface area contributed by atoms with Crippen LogP contribution in [-0.4, -0.2) is 0 Å². The first-order chi connectivity index (χ1) is 8.65. The van der Waals surface area contributed by atoms with Gasteiger partial charge in [-0.2, -0.15) is 0 Å². The summed E-state index contributed by atoms with van der Waals surface area (Å²) < 4.78 is 14.6. The van der Waals surface area contributed by atoms with E-state index in [1.165, 1.54) is 11.6 Å². The van der Waals surface area contributed by atoms with Crippen molar-refractivity contribution >= 4 is 31.9 Å². The summed E-state index contributed by atoms with van der Waals surface area (Å²) in [6, 6.07) is 13.2. The molecule has 0 aliphatic rings. The average Bonchev–Trinajstić information content (AvgIpc) is 2.36. The van der Waals surface area contributed by atoms with Gasteiger partial charge in [0.15, 0.2) is 0 Å². The van der Waals surface area contributed by atoms with E-state index in [1.54, 1.807) is 12.1 Å². The Bertz CT molecular complexity index is 526. The molecule has 0 aliphatic heterocycles. The Morgan fingerprint density at radius 3 is 2.17 bits per heavy atom. The molecule has 0 atom stereocenters. The van der Waals surface area contributed by atoms with Gasteiger partial charge in [-0.15, -0.1) is 0 Å². The zero-order valence-corrected chi connectivity index (χ0v) is 12.8. The molecule has 1 N–H and O–H groups in total. The maximum absolute atomic E-state index is 13.1.